The monoisotopic (exact) mass is 224 g/mol. The first-order valence-electron chi connectivity index (χ1n) is 7.03. The number of hydrogen-bond donors (Lipinski definition) is 1. The minimum Gasteiger partial charge on any atom is -0.375 e. The van der Waals surface area contributed by atoms with Crippen LogP contribution in [0.3, 0.4) is 0 Å². The number of morpholine rings is 1. The van der Waals surface area contributed by atoms with Crippen molar-refractivity contribution in [1.29, 1.82) is 0 Å². The van der Waals surface area contributed by atoms with Crippen LogP contribution in [0.15, 0.2) is 0 Å². The van der Waals surface area contributed by atoms with E-state index in [4.69, 9.17) is 4.74 Å². The highest BCUT2D eigenvalue weighted by molar-refractivity contribution is 4.92. The Hall–Kier alpha value is -0.120. The maximum Gasteiger partial charge on any atom is 0.0731 e. The van der Waals surface area contributed by atoms with Gasteiger partial charge in [-0.15, -0.1) is 0 Å². The van der Waals surface area contributed by atoms with E-state index in [1.54, 1.807) is 0 Å². The molecule has 3 rings (SSSR count). The Morgan fingerprint density at radius 2 is 2.00 bits per heavy atom. The first-order chi connectivity index (χ1) is 7.95. The molecule has 2 aliphatic heterocycles. The Balaban J connectivity index is 1.67. The smallest absolute Gasteiger partial charge is 0.0731 e. The summed E-state index contributed by atoms with van der Waals surface area (Å²) in [6.45, 7) is 4.53. The molecule has 0 radical (unpaired) electrons. The molecule has 0 amide bonds. The minimum atomic E-state index is 0.546. The van der Waals surface area contributed by atoms with Crippen LogP contribution >= 0.6 is 0 Å². The molecule has 0 aromatic carbocycles. The molecule has 3 heteroatoms. The van der Waals surface area contributed by atoms with Gasteiger partial charge in [0.1, 0.15) is 0 Å². The molecule has 16 heavy (non-hydrogen) atoms. The van der Waals surface area contributed by atoms with Gasteiger partial charge in [0.15, 0.2) is 0 Å². The van der Waals surface area contributed by atoms with Crippen molar-refractivity contribution >= 4 is 0 Å². The van der Waals surface area contributed by atoms with E-state index in [1.807, 2.05) is 0 Å². The molecule has 2 saturated heterocycles. The summed E-state index contributed by atoms with van der Waals surface area (Å²) in [5.74, 6) is 0. The third-order valence-corrected chi connectivity index (χ3v) is 4.51. The lowest BCUT2D eigenvalue weighted by atomic mass is 9.88. The Morgan fingerprint density at radius 1 is 1.06 bits per heavy atom. The van der Waals surface area contributed by atoms with Crippen molar-refractivity contribution in [3.63, 3.8) is 0 Å². The summed E-state index contributed by atoms with van der Waals surface area (Å²) in [4.78, 5) is 2.76. The Morgan fingerprint density at radius 3 is 2.88 bits per heavy atom. The molecule has 1 N–H and O–H groups in total. The molecule has 3 atom stereocenters. The maximum atomic E-state index is 5.94. The van der Waals surface area contributed by atoms with Crippen molar-refractivity contribution in [3.8, 4) is 0 Å². The van der Waals surface area contributed by atoms with Gasteiger partial charge in [-0.25, -0.2) is 0 Å². The first kappa shape index (κ1) is 11.0. The highest BCUT2D eigenvalue weighted by Gasteiger charge is 2.37. The summed E-state index contributed by atoms with van der Waals surface area (Å²) in [5, 5.41) is 3.55. The van der Waals surface area contributed by atoms with Gasteiger partial charge in [-0.3, -0.25) is 4.90 Å². The second-order valence-corrected chi connectivity index (χ2v) is 5.50. The zero-order valence-corrected chi connectivity index (χ0v) is 10.2. The molecule has 0 spiro atoms. The van der Waals surface area contributed by atoms with Crippen LogP contribution in [0.4, 0.5) is 0 Å². The van der Waals surface area contributed by atoms with Crippen LogP contribution in [0.2, 0.25) is 0 Å². The molecule has 0 aromatic heterocycles. The van der Waals surface area contributed by atoms with E-state index < -0.39 is 0 Å². The van der Waals surface area contributed by atoms with E-state index in [1.165, 1.54) is 51.6 Å². The zero-order valence-electron chi connectivity index (χ0n) is 10.2. The lowest BCUT2D eigenvalue weighted by molar-refractivity contribution is -0.104. The van der Waals surface area contributed by atoms with Crippen molar-refractivity contribution in [3.05, 3.63) is 0 Å². The van der Waals surface area contributed by atoms with Crippen molar-refractivity contribution < 1.29 is 4.74 Å². The molecule has 3 aliphatic rings. The normalized spacial score (nSPS) is 41.6. The number of piperidine rings is 1. The summed E-state index contributed by atoms with van der Waals surface area (Å²) < 4.78 is 5.94. The molecule has 3 fully saturated rings. The fourth-order valence-electron chi connectivity index (χ4n) is 3.70. The van der Waals surface area contributed by atoms with Gasteiger partial charge in [0.2, 0.25) is 0 Å². The van der Waals surface area contributed by atoms with E-state index in [2.05, 4.69) is 10.2 Å². The van der Waals surface area contributed by atoms with Crippen molar-refractivity contribution in [2.45, 2.75) is 56.7 Å². The van der Waals surface area contributed by atoms with E-state index in [-0.39, 0.29) is 0 Å². The molecular formula is C13H24N2O. The van der Waals surface area contributed by atoms with E-state index in [0.29, 0.717) is 6.10 Å². The van der Waals surface area contributed by atoms with Gasteiger partial charge in [0.25, 0.3) is 0 Å². The van der Waals surface area contributed by atoms with E-state index >= 15 is 0 Å². The highest BCUT2D eigenvalue weighted by atomic mass is 16.5. The van der Waals surface area contributed by atoms with Crippen molar-refractivity contribution in [2.75, 3.05) is 26.2 Å². The molecule has 2 heterocycles. The Bertz CT molecular complexity index is 226. The molecule has 1 saturated carbocycles. The predicted molar refractivity (Wildman–Crippen MR) is 64.6 cm³/mol. The largest absolute Gasteiger partial charge is 0.375 e. The Kier molecular flexibility index (Phi) is 3.46. The van der Waals surface area contributed by atoms with Gasteiger partial charge in [-0.05, 0) is 32.2 Å². The lowest BCUT2D eigenvalue weighted by Gasteiger charge is -2.48. The average molecular weight is 224 g/mol. The zero-order chi connectivity index (χ0) is 10.8. The molecule has 0 bridgehead atoms. The fourth-order valence-corrected chi connectivity index (χ4v) is 3.70. The summed E-state index contributed by atoms with van der Waals surface area (Å²) in [7, 11) is 0. The van der Waals surface area contributed by atoms with Gasteiger partial charge < -0.3 is 10.1 Å². The van der Waals surface area contributed by atoms with Crippen LogP contribution in [0.25, 0.3) is 0 Å². The topological polar surface area (TPSA) is 24.5 Å². The third kappa shape index (κ3) is 2.13. The van der Waals surface area contributed by atoms with Gasteiger partial charge >= 0.3 is 0 Å². The SMILES string of the molecule is C1CCC2C(C1)OCCN2C1CCCNC1. The van der Waals surface area contributed by atoms with Gasteiger partial charge in [-0.1, -0.05) is 12.8 Å². The number of hydrogen-bond acceptors (Lipinski definition) is 3. The summed E-state index contributed by atoms with van der Waals surface area (Å²) in [6, 6.07) is 1.51. The molecule has 1 aliphatic carbocycles. The van der Waals surface area contributed by atoms with Crippen LogP contribution in [0.5, 0.6) is 0 Å². The first-order valence-corrected chi connectivity index (χ1v) is 7.03. The van der Waals surface area contributed by atoms with Crippen molar-refractivity contribution in [1.82, 2.24) is 10.2 Å². The number of nitrogens with one attached hydrogen (secondary N) is 1. The number of fused-ring (bicyclic) bond motifs is 1. The number of nitrogens with zero attached hydrogens (tertiary/aromatic N) is 1. The van der Waals surface area contributed by atoms with Crippen LogP contribution < -0.4 is 5.32 Å². The van der Waals surface area contributed by atoms with Crippen LogP contribution in [-0.4, -0.2) is 49.3 Å². The van der Waals surface area contributed by atoms with Gasteiger partial charge in [-0.2, -0.15) is 0 Å². The highest BCUT2D eigenvalue weighted by Crippen LogP contribution is 2.30. The second-order valence-electron chi connectivity index (χ2n) is 5.50. The number of rotatable bonds is 1. The second kappa shape index (κ2) is 5.03. The van der Waals surface area contributed by atoms with Crippen LogP contribution in [-0.2, 0) is 4.74 Å². The van der Waals surface area contributed by atoms with Crippen molar-refractivity contribution in [2.24, 2.45) is 0 Å². The molecule has 0 aromatic rings. The molecular weight excluding hydrogens is 200 g/mol. The van der Waals surface area contributed by atoms with E-state index in [9.17, 15) is 0 Å². The molecule has 3 nitrogen and oxygen atoms in total. The van der Waals surface area contributed by atoms with Gasteiger partial charge in [0.05, 0.1) is 12.7 Å². The van der Waals surface area contributed by atoms with E-state index in [0.717, 1.165) is 25.2 Å². The van der Waals surface area contributed by atoms with Gasteiger partial charge in [0, 0.05) is 25.2 Å². The Labute approximate surface area is 98.5 Å². The summed E-state index contributed by atoms with van der Waals surface area (Å²) in [6.07, 6.45) is 8.71. The summed E-state index contributed by atoms with van der Waals surface area (Å²) >= 11 is 0. The standard InChI is InChI=1S/C13H24N2O/c1-2-6-13-12(5-1)15(8-9-16-13)11-4-3-7-14-10-11/h11-14H,1-10H2. The quantitative estimate of drug-likeness (QED) is 0.728. The van der Waals surface area contributed by atoms with Crippen LogP contribution in [0.1, 0.15) is 38.5 Å². The predicted octanol–water partition coefficient (Wildman–Crippen LogP) is 1.38. The number of ether oxygens (including phenoxy) is 1. The molecule has 92 valence electrons. The average Bonchev–Trinajstić information content (AvgIpc) is 2.39. The lowest BCUT2D eigenvalue weighted by Crippen LogP contribution is -2.59. The molecule has 3 unspecified atom stereocenters. The third-order valence-electron chi connectivity index (χ3n) is 4.51. The van der Waals surface area contributed by atoms with Crippen LogP contribution in [0, 0.1) is 0 Å². The fraction of sp³-hybridized carbons (Fsp3) is 1.00. The summed E-state index contributed by atoms with van der Waals surface area (Å²) in [5.41, 5.74) is 0. The maximum absolute atomic E-state index is 5.94. The minimum absolute atomic E-state index is 0.546.